The van der Waals surface area contributed by atoms with Crippen molar-refractivity contribution in [1.29, 1.82) is 0 Å². The van der Waals surface area contributed by atoms with Crippen LogP contribution in [0.4, 0.5) is 0 Å². The molecule has 13 heavy (non-hydrogen) atoms. The SMILES string of the molecule is C=CCCCCCCCC.O=CO. The van der Waals surface area contributed by atoms with E-state index in [0.717, 1.165) is 0 Å². The first kappa shape index (κ1) is 14.7. The summed E-state index contributed by atoms with van der Waals surface area (Å²) in [6.45, 7) is 5.70. The van der Waals surface area contributed by atoms with Gasteiger partial charge in [-0.15, -0.1) is 6.58 Å². The molecule has 1 N–H and O–H groups in total. The lowest BCUT2D eigenvalue weighted by Gasteiger charge is -1.96. The summed E-state index contributed by atoms with van der Waals surface area (Å²) in [7, 11) is 0. The minimum absolute atomic E-state index is 0.250. The summed E-state index contributed by atoms with van der Waals surface area (Å²) in [6, 6.07) is 0. The van der Waals surface area contributed by atoms with E-state index in [-0.39, 0.29) is 6.47 Å². The summed E-state index contributed by atoms with van der Waals surface area (Å²) in [5.41, 5.74) is 0. The van der Waals surface area contributed by atoms with E-state index in [1.165, 1.54) is 44.9 Å². The van der Waals surface area contributed by atoms with Crippen molar-refractivity contribution in [3.8, 4) is 0 Å². The number of hydrogen-bond donors (Lipinski definition) is 1. The van der Waals surface area contributed by atoms with Crippen LogP contribution in [0.1, 0.15) is 51.9 Å². The average molecular weight is 186 g/mol. The van der Waals surface area contributed by atoms with Gasteiger partial charge in [0.25, 0.3) is 6.47 Å². The summed E-state index contributed by atoms with van der Waals surface area (Å²) in [6.07, 6.45) is 11.6. The third-order valence-corrected chi connectivity index (χ3v) is 1.76. The van der Waals surface area contributed by atoms with Crippen LogP contribution in [0, 0.1) is 0 Å². The van der Waals surface area contributed by atoms with Crippen molar-refractivity contribution in [2.75, 3.05) is 0 Å². The van der Waals surface area contributed by atoms with Crippen LogP contribution in [0.15, 0.2) is 12.7 Å². The van der Waals surface area contributed by atoms with Gasteiger partial charge in [-0.3, -0.25) is 4.79 Å². The van der Waals surface area contributed by atoms with Crippen LogP contribution in [0.25, 0.3) is 0 Å². The standard InChI is InChI=1S/C10H20.CH2O2/c1-3-5-7-9-10-8-6-4-2;2-1-3/h3H,1,4-10H2,2H3;1H,(H,2,3). The fourth-order valence-corrected chi connectivity index (χ4v) is 1.07. The Balaban J connectivity index is 0. The Morgan fingerprint density at radius 3 is 2.08 bits per heavy atom. The van der Waals surface area contributed by atoms with E-state index < -0.39 is 0 Å². The van der Waals surface area contributed by atoms with Crippen LogP contribution in [-0.2, 0) is 4.79 Å². The summed E-state index contributed by atoms with van der Waals surface area (Å²) in [5.74, 6) is 0. The summed E-state index contributed by atoms with van der Waals surface area (Å²) in [4.78, 5) is 8.36. The molecule has 0 heterocycles. The van der Waals surface area contributed by atoms with E-state index in [2.05, 4.69) is 13.5 Å². The Morgan fingerprint density at radius 1 is 1.15 bits per heavy atom. The van der Waals surface area contributed by atoms with Crippen molar-refractivity contribution in [1.82, 2.24) is 0 Å². The highest BCUT2D eigenvalue weighted by atomic mass is 16.3. The second kappa shape index (κ2) is 17.3. The van der Waals surface area contributed by atoms with Gasteiger partial charge in [-0.1, -0.05) is 45.1 Å². The Bertz CT molecular complexity index is 100. The first-order valence-corrected chi connectivity index (χ1v) is 5.02. The molecule has 0 aliphatic heterocycles. The highest BCUT2D eigenvalue weighted by Gasteiger charge is 1.86. The normalized spacial score (nSPS) is 8.38. The zero-order chi connectivity index (χ0) is 10.4. The number of carboxylic acid groups (broad SMARTS) is 1. The second-order valence-electron chi connectivity index (χ2n) is 2.95. The molecule has 0 aromatic rings. The molecule has 0 radical (unpaired) electrons. The molecule has 0 fully saturated rings. The topological polar surface area (TPSA) is 37.3 Å². The fourth-order valence-electron chi connectivity index (χ4n) is 1.07. The Kier molecular flexibility index (Phi) is 19.6. The Labute approximate surface area is 81.7 Å². The summed E-state index contributed by atoms with van der Waals surface area (Å²) < 4.78 is 0. The van der Waals surface area contributed by atoms with Gasteiger partial charge in [0.15, 0.2) is 0 Å². The molecule has 2 heteroatoms. The van der Waals surface area contributed by atoms with Crippen LogP contribution in [0.3, 0.4) is 0 Å². The fraction of sp³-hybridized carbons (Fsp3) is 0.727. The molecule has 2 nitrogen and oxygen atoms in total. The number of allylic oxidation sites excluding steroid dienone is 1. The molecule has 0 aromatic carbocycles. The van der Waals surface area contributed by atoms with Crippen LogP contribution < -0.4 is 0 Å². The van der Waals surface area contributed by atoms with Crippen LogP contribution in [0.5, 0.6) is 0 Å². The maximum Gasteiger partial charge on any atom is 0.290 e. The van der Waals surface area contributed by atoms with Gasteiger partial charge in [-0.05, 0) is 12.8 Å². The molecule has 0 amide bonds. The van der Waals surface area contributed by atoms with Gasteiger partial charge in [-0.25, -0.2) is 0 Å². The van der Waals surface area contributed by atoms with Crippen molar-refractivity contribution in [2.45, 2.75) is 51.9 Å². The maximum absolute atomic E-state index is 8.36. The molecule has 0 atom stereocenters. The van der Waals surface area contributed by atoms with Crippen molar-refractivity contribution >= 4 is 6.47 Å². The quantitative estimate of drug-likeness (QED) is 0.374. The first-order valence-electron chi connectivity index (χ1n) is 5.02. The highest BCUT2D eigenvalue weighted by molar-refractivity contribution is 5.32. The van der Waals surface area contributed by atoms with Gasteiger partial charge in [0.1, 0.15) is 0 Å². The predicted molar refractivity (Wildman–Crippen MR) is 56.9 cm³/mol. The molecular formula is C11H22O2. The zero-order valence-corrected chi connectivity index (χ0v) is 8.67. The Hall–Kier alpha value is -0.790. The molecule has 0 aliphatic rings. The van der Waals surface area contributed by atoms with Crippen molar-refractivity contribution in [2.24, 2.45) is 0 Å². The highest BCUT2D eigenvalue weighted by Crippen LogP contribution is 2.06. The molecule has 0 spiro atoms. The number of hydrogen-bond acceptors (Lipinski definition) is 1. The van der Waals surface area contributed by atoms with E-state index in [0.29, 0.717) is 0 Å². The number of carbonyl (C=O) groups is 1. The van der Waals surface area contributed by atoms with Crippen molar-refractivity contribution in [3.63, 3.8) is 0 Å². The summed E-state index contributed by atoms with van der Waals surface area (Å²) >= 11 is 0. The van der Waals surface area contributed by atoms with Crippen molar-refractivity contribution < 1.29 is 9.90 Å². The smallest absolute Gasteiger partial charge is 0.290 e. The molecule has 78 valence electrons. The van der Waals surface area contributed by atoms with E-state index in [4.69, 9.17) is 9.90 Å². The predicted octanol–water partition coefficient (Wildman–Crippen LogP) is 3.62. The third kappa shape index (κ3) is 24.7. The van der Waals surface area contributed by atoms with Gasteiger partial charge >= 0.3 is 0 Å². The van der Waals surface area contributed by atoms with Gasteiger partial charge in [-0.2, -0.15) is 0 Å². The second-order valence-corrected chi connectivity index (χ2v) is 2.95. The lowest BCUT2D eigenvalue weighted by molar-refractivity contribution is -0.122. The number of unbranched alkanes of at least 4 members (excludes halogenated alkanes) is 6. The Morgan fingerprint density at radius 2 is 1.62 bits per heavy atom. The van der Waals surface area contributed by atoms with Crippen LogP contribution in [0.2, 0.25) is 0 Å². The zero-order valence-electron chi connectivity index (χ0n) is 8.67. The molecule has 0 aliphatic carbocycles. The van der Waals surface area contributed by atoms with Gasteiger partial charge < -0.3 is 5.11 Å². The van der Waals surface area contributed by atoms with E-state index in [1.807, 2.05) is 6.08 Å². The minimum atomic E-state index is -0.250. The van der Waals surface area contributed by atoms with Crippen molar-refractivity contribution in [3.05, 3.63) is 12.7 Å². The maximum atomic E-state index is 8.36. The van der Waals surface area contributed by atoms with E-state index >= 15 is 0 Å². The van der Waals surface area contributed by atoms with Gasteiger partial charge in [0.05, 0.1) is 0 Å². The van der Waals surface area contributed by atoms with Crippen LogP contribution >= 0.6 is 0 Å². The van der Waals surface area contributed by atoms with Gasteiger partial charge in [0, 0.05) is 0 Å². The molecule has 0 rings (SSSR count). The average Bonchev–Trinajstić information content (AvgIpc) is 2.13. The van der Waals surface area contributed by atoms with Crippen LogP contribution in [-0.4, -0.2) is 11.6 Å². The molecule has 0 unspecified atom stereocenters. The molecule has 0 bridgehead atoms. The minimum Gasteiger partial charge on any atom is -0.483 e. The summed E-state index contributed by atoms with van der Waals surface area (Å²) in [5, 5.41) is 6.89. The number of rotatable bonds is 7. The first-order chi connectivity index (χ1) is 6.33. The largest absolute Gasteiger partial charge is 0.483 e. The van der Waals surface area contributed by atoms with E-state index in [9.17, 15) is 0 Å². The lowest BCUT2D eigenvalue weighted by Crippen LogP contribution is -1.76. The molecule has 0 saturated carbocycles. The third-order valence-electron chi connectivity index (χ3n) is 1.76. The lowest BCUT2D eigenvalue weighted by atomic mass is 10.1. The molecule has 0 aromatic heterocycles. The molecule has 0 saturated heterocycles. The monoisotopic (exact) mass is 186 g/mol. The van der Waals surface area contributed by atoms with E-state index in [1.54, 1.807) is 0 Å². The molecular weight excluding hydrogens is 164 g/mol. The van der Waals surface area contributed by atoms with Gasteiger partial charge in [0.2, 0.25) is 0 Å².